The summed E-state index contributed by atoms with van der Waals surface area (Å²) in [6, 6.07) is 0. The Bertz CT molecular complexity index is 568. The highest BCUT2D eigenvalue weighted by atomic mass is 16.2. The predicted molar refractivity (Wildman–Crippen MR) is 82.2 cm³/mol. The smallest absolute Gasteiger partial charge is 0.231 e. The summed E-state index contributed by atoms with van der Waals surface area (Å²) in [6.07, 6.45) is 6.78. The van der Waals surface area contributed by atoms with Gasteiger partial charge in [-0.05, 0) is 32.2 Å². The van der Waals surface area contributed by atoms with E-state index in [2.05, 4.69) is 14.9 Å². The van der Waals surface area contributed by atoms with Crippen LogP contribution in [0.3, 0.4) is 0 Å². The molecule has 0 saturated carbocycles. The number of likely N-dealkylation sites (tertiary alicyclic amines) is 1. The number of amides is 2. The number of carbonyl (C=O) groups excluding carboxylic acids is 2. The molecule has 7 nitrogen and oxygen atoms in total. The summed E-state index contributed by atoms with van der Waals surface area (Å²) in [4.78, 5) is 29.9. The minimum absolute atomic E-state index is 0.0162. The molecular formula is C15H23N5O2. The molecule has 0 bridgehead atoms. The zero-order valence-electron chi connectivity index (χ0n) is 12.8. The number of anilines is 1. The Morgan fingerprint density at radius 2 is 2.18 bits per heavy atom. The average Bonchev–Trinajstić information content (AvgIpc) is 2.90. The summed E-state index contributed by atoms with van der Waals surface area (Å²) < 4.78 is 2.10. The van der Waals surface area contributed by atoms with Gasteiger partial charge in [-0.3, -0.25) is 14.5 Å². The quantitative estimate of drug-likeness (QED) is 0.839. The van der Waals surface area contributed by atoms with Crippen LogP contribution in [0.1, 0.15) is 31.5 Å². The summed E-state index contributed by atoms with van der Waals surface area (Å²) in [5, 5.41) is 3.01. The molecule has 0 aromatic carbocycles. The molecule has 3 rings (SSSR count). The first-order valence-electron chi connectivity index (χ1n) is 7.99. The van der Waals surface area contributed by atoms with Crippen LogP contribution in [-0.4, -0.2) is 45.9 Å². The molecule has 1 aromatic heterocycles. The highest BCUT2D eigenvalue weighted by molar-refractivity contribution is 5.92. The van der Waals surface area contributed by atoms with Crippen LogP contribution in [-0.2, 0) is 22.6 Å². The number of primary amides is 1. The van der Waals surface area contributed by atoms with Crippen molar-refractivity contribution in [2.75, 3.05) is 25.0 Å². The summed E-state index contributed by atoms with van der Waals surface area (Å²) in [5.41, 5.74) is 5.24. The molecule has 7 heteroatoms. The predicted octanol–water partition coefficient (Wildman–Crippen LogP) is 0.355. The first kappa shape index (κ1) is 15.0. The molecule has 0 radical (unpaired) electrons. The topological polar surface area (TPSA) is 93.2 Å². The molecule has 2 amide bonds. The molecule has 1 atom stereocenters. The van der Waals surface area contributed by atoms with Gasteiger partial charge in [0.05, 0.1) is 18.7 Å². The van der Waals surface area contributed by atoms with Gasteiger partial charge < -0.3 is 15.6 Å². The fourth-order valence-corrected chi connectivity index (χ4v) is 3.38. The third-order valence-corrected chi connectivity index (χ3v) is 4.48. The molecule has 3 N–H and O–H groups in total. The first-order chi connectivity index (χ1) is 10.6. The number of aromatic nitrogens is 2. The van der Waals surface area contributed by atoms with E-state index in [9.17, 15) is 9.59 Å². The lowest BCUT2D eigenvalue weighted by atomic mass is 9.97. The van der Waals surface area contributed by atoms with Crippen molar-refractivity contribution < 1.29 is 9.59 Å². The number of carbonyl (C=O) groups is 2. The fourth-order valence-electron chi connectivity index (χ4n) is 3.38. The molecule has 22 heavy (non-hydrogen) atoms. The SMILES string of the molecule is NC(=O)CN1CCCC(C(=O)Nc2cnc3n2CCCC3)C1. The third kappa shape index (κ3) is 3.30. The number of hydrogen-bond acceptors (Lipinski definition) is 4. The lowest BCUT2D eigenvalue weighted by Crippen LogP contribution is -2.44. The van der Waals surface area contributed by atoms with Crippen LogP contribution in [0.4, 0.5) is 5.82 Å². The van der Waals surface area contributed by atoms with Crippen molar-refractivity contribution >= 4 is 17.6 Å². The van der Waals surface area contributed by atoms with Gasteiger partial charge in [0.2, 0.25) is 11.8 Å². The van der Waals surface area contributed by atoms with Crippen LogP contribution >= 0.6 is 0 Å². The number of nitrogens with one attached hydrogen (secondary N) is 1. The summed E-state index contributed by atoms with van der Waals surface area (Å²) in [7, 11) is 0. The van der Waals surface area contributed by atoms with Gasteiger partial charge in [-0.1, -0.05) is 0 Å². The van der Waals surface area contributed by atoms with Crippen LogP contribution in [0.2, 0.25) is 0 Å². The Kier molecular flexibility index (Phi) is 4.42. The van der Waals surface area contributed by atoms with E-state index in [1.807, 2.05) is 4.90 Å². The minimum atomic E-state index is -0.342. The van der Waals surface area contributed by atoms with E-state index in [0.29, 0.717) is 6.54 Å². The van der Waals surface area contributed by atoms with Gasteiger partial charge in [0, 0.05) is 19.5 Å². The third-order valence-electron chi connectivity index (χ3n) is 4.48. The molecule has 1 saturated heterocycles. The standard InChI is InChI=1S/C15H23N5O2/c16-12(21)10-19-6-3-4-11(9-19)15(22)18-14-8-17-13-5-1-2-7-20(13)14/h8,11H,1-7,9-10H2,(H2,16,21)(H,18,22). The van der Waals surface area contributed by atoms with Gasteiger partial charge in [-0.25, -0.2) is 4.98 Å². The number of hydrogen-bond donors (Lipinski definition) is 2. The lowest BCUT2D eigenvalue weighted by Gasteiger charge is -2.31. The summed E-state index contributed by atoms with van der Waals surface area (Å²) in [5.74, 6) is 1.43. The molecule has 120 valence electrons. The number of imidazole rings is 1. The number of nitrogens with two attached hydrogens (primary N) is 1. The molecule has 3 heterocycles. The normalized spacial score (nSPS) is 22.1. The van der Waals surface area contributed by atoms with E-state index in [-0.39, 0.29) is 24.3 Å². The lowest BCUT2D eigenvalue weighted by molar-refractivity contribution is -0.124. The summed E-state index contributed by atoms with van der Waals surface area (Å²) >= 11 is 0. The zero-order chi connectivity index (χ0) is 15.5. The Labute approximate surface area is 129 Å². The van der Waals surface area contributed by atoms with Gasteiger partial charge in [-0.15, -0.1) is 0 Å². The maximum absolute atomic E-state index is 12.5. The minimum Gasteiger partial charge on any atom is -0.369 e. The Balaban J connectivity index is 1.62. The number of fused-ring (bicyclic) bond motifs is 1. The van der Waals surface area contributed by atoms with E-state index in [4.69, 9.17) is 5.73 Å². The highest BCUT2D eigenvalue weighted by Crippen LogP contribution is 2.22. The number of rotatable bonds is 4. The van der Waals surface area contributed by atoms with Gasteiger partial charge >= 0.3 is 0 Å². The average molecular weight is 305 g/mol. The molecule has 0 aliphatic carbocycles. The molecule has 1 fully saturated rings. The van der Waals surface area contributed by atoms with Crippen LogP contribution in [0.15, 0.2) is 6.20 Å². The maximum atomic E-state index is 12.5. The Morgan fingerprint density at radius 1 is 1.32 bits per heavy atom. The van der Waals surface area contributed by atoms with Crippen molar-refractivity contribution in [2.45, 2.75) is 38.6 Å². The largest absolute Gasteiger partial charge is 0.369 e. The molecule has 2 aliphatic rings. The van der Waals surface area contributed by atoms with Crippen molar-refractivity contribution in [2.24, 2.45) is 11.7 Å². The van der Waals surface area contributed by atoms with Gasteiger partial charge in [-0.2, -0.15) is 0 Å². The van der Waals surface area contributed by atoms with Crippen molar-refractivity contribution in [3.05, 3.63) is 12.0 Å². The molecule has 1 aromatic rings. The monoisotopic (exact) mass is 305 g/mol. The van der Waals surface area contributed by atoms with Gasteiger partial charge in [0.25, 0.3) is 0 Å². The molecular weight excluding hydrogens is 282 g/mol. The molecule has 2 aliphatic heterocycles. The van der Waals surface area contributed by atoms with E-state index in [1.54, 1.807) is 6.20 Å². The molecule has 1 unspecified atom stereocenters. The van der Waals surface area contributed by atoms with Crippen LogP contribution < -0.4 is 11.1 Å². The van der Waals surface area contributed by atoms with E-state index in [0.717, 1.165) is 56.8 Å². The van der Waals surface area contributed by atoms with Gasteiger partial charge in [0.1, 0.15) is 11.6 Å². The summed E-state index contributed by atoms with van der Waals surface area (Å²) in [6.45, 7) is 2.57. The number of nitrogens with zero attached hydrogens (tertiary/aromatic N) is 3. The van der Waals surface area contributed by atoms with E-state index in [1.165, 1.54) is 0 Å². The highest BCUT2D eigenvalue weighted by Gasteiger charge is 2.27. The number of aryl methyl sites for hydroxylation is 1. The van der Waals surface area contributed by atoms with Crippen molar-refractivity contribution in [1.29, 1.82) is 0 Å². The zero-order valence-corrected chi connectivity index (χ0v) is 12.8. The maximum Gasteiger partial charge on any atom is 0.231 e. The fraction of sp³-hybridized carbons (Fsp3) is 0.667. The second-order valence-corrected chi connectivity index (χ2v) is 6.20. The van der Waals surface area contributed by atoms with E-state index < -0.39 is 0 Å². The first-order valence-corrected chi connectivity index (χ1v) is 7.99. The molecule has 0 spiro atoms. The second-order valence-electron chi connectivity index (χ2n) is 6.20. The second kappa shape index (κ2) is 6.48. The van der Waals surface area contributed by atoms with Crippen molar-refractivity contribution in [1.82, 2.24) is 14.5 Å². The van der Waals surface area contributed by atoms with Crippen LogP contribution in [0.5, 0.6) is 0 Å². The van der Waals surface area contributed by atoms with Crippen molar-refractivity contribution in [3.63, 3.8) is 0 Å². The number of piperidine rings is 1. The Hall–Kier alpha value is -1.89. The van der Waals surface area contributed by atoms with E-state index >= 15 is 0 Å². The Morgan fingerprint density at radius 3 is 3.00 bits per heavy atom. The van der Waals surface area contributed by atoms with Crippen LogP contribution in [0, 0.1) is 5.92 Å². The van der Waals surface area contributed by atoms with Gasteiger partial charge in [0.15, 0.2) is 0 Å². The van der Waals surface area contributed by atoms with Crippen LogP contribution in [0.25, 0.3) is 0 Å². The van der Waals surface area contributed by atoms with Crippen molar-refractivity contribution in [3.8, 4) is 0 Å².